The van der Waals surface area contributed by atoms with E-state index in [2.05, 4.69) is 15.2 Å². The second-order valence-corrected chi connectivity index (χ2v) is 3.94. The van der Waals surface area contributed by atoms with Crippen LogP contribution in [0, 0.1) is 11.6 Å². The number of nitrogens with zero attached hydrogens (tertiary/aromatic N) is 3. The van der Waals surface area contributed by atoms with Crippen molar-refractivity contribution in [3.05, 3.63) is 47.0 Å². The third-order valence-corrected chi connectivity index (χ3v) is 2.78. The monoisotopic (exact) mass is 264 g/mol. The van der Waals surface area contributed by atoms with E-state index >= 15 is 0 Å². The van der Waals surface area contributed by atoms with Crippen LogP contribution in [0.2, 0.25) is 0 Å². The van der Waals surface area contributed by atoms with Crippen molar-refractivity contribution in [1.82, 2.24) is 20.1 Å². The fourth-order valence-corrected chi connectivity index (χ4v) is 1.88. The highest BCUT2D eigenvalue weighted by atomic mass is 19.2. The number of H-pyrrole nitrogens is 1. The summed E-state index contributed by atoms with van der Waals surface area (Å²) in [6.07, 6.45) is 1.23. The number of carbonyl (C=O) groups excluding carboxylic acids is 2. The van der Waals surface area contributed by atoms with Gasteiger partial charge in [-0.2, -0.15) is 5.10 Å². The molecule has 1 aliphatic heterocycles. The third-order valence-electron chi connectivity index (χ3n) is 2.78. The molecular weight excluding hydrogens is 258 g/mol. The van der Waals surface area contributed by atoms with Crippen LogP contribution >= 0.6 is 0 Å². The summed E-state index contributed by atoms with van der Waals surface area (Å²) in [6, 6.07) is 1.45. The molecule has 0 saturated heterocycles. The lowest BCUT2D eigenvalue weighted by Gasteiger charge is -2.10. The number of nitrogens with one attached hydrogen (secondary N) is 1. The third kappa shape index (κ3) is 1.68. The second-order valence-electron chi connectivity index (χ2n) is 3.94. The number of aromatic amines is 1. The topological polar surface area (TPSA) is 79.0 Å². The van der Waals surface area contributed by atoms with Gasteiger partial charge in [0.2, 0.25) is 0 Å². The van der Waals surface area contributed by atoms with Crippen molar-refractivity contribution < 1.29 is 18.4 Å². The van der Waals surface area contributed by atoms with Crippen molar-refractivity contribution in [3.63, 3.8) is 0 Å². The molecule has 1 aliphatic rings. The average Bonchev–Trinajstić information content (AvgIpc) is 2.96. The van der Waals surface area contributed by atoms with E-state index < -0.39 is 23.4 Å². The first-order chi connectivity index (χ1) is 9.08. The molecule has 0 saturated carbocycles. The number of hydrogen-bond acceptors (Lipinski definition) is 4. The quantitative estimate of drug-likeness (QED) is 0.816. The van der Waals surface area contributed by atoms with E-state index in [0.717, 1.165) is 17.0 Å². The summed E-state index contributed by atoms with van der Waals surface area (Å²) in [7, 11) is 0. The summed E-state index contributed by atoms with van der Waals surface area (Å²) in [6.45, 7) is -0.129. The zero-order chi connectivity index (χ0) is 13.6. The molecule has 0 atom stereocenters. The fourth-order valence-electron chi connectivity index (χ4n) is 1.88. The normalized spacial score (nSPS) is 14.1. The first-order valence-corrected chi connectivity index (χ1v) is 5.27. The maximum atomic E-state index is 13.1. The highest BCUT2D eigenvalue weighted by Crippen LogP contribution is 2.26. The minimum atomic E-state index is -1.17. The van der Waals surface area contributed by atoms with E-state index in [-0.39, 0.29) is 17.7 Å². The van der Waals surface area contributed by atoms with Gasteiger partial charge in [0.05, 0.1) is 17.7 Å². The lowest BCUT2D eigenvalue weighted by molar-refractivity contribution is 0.0638. The Bertz CT molecular complexity index is 643. The Kier molecular flexibility index (Phi) is 2.37. The summed E-state index contributed by atoms with van der Waals surface area (Å²) < 4.78 is 26.2. The molecule has 0 spiro atoms. The van der Waals surface area contributed by atoms with Crippen molar-refractivity contribution in [1.29, 1.82) is 0 Å². The van der Waals surface area contributed by atoms with Crippen molar-refractivity contribution in [2.24, 2.45) is 0 Å². The molecule has 3 rings (SSSR count). The van der Waals surface area contributed by atoms with Gasteiger partial charge in [0.1, 0.15) is 12.2 Å². The number of fused-ring (bicyclic) bond motifs is 1. The molecule has 1 N–H and O–H groups in total. The maximum absolute atomic E-state index is 13.1. The summed E-state index contributed by atoms with van der Waals surface area (Å²) in [5.74, 6) is -3.40. The zero-order valence-electron chi connectivity index (χ0n) is 9.35. The summed E-state index contributed by atoms with van der Waals surface area (Å²) in [5.41, 5.74) is -0.299. The zero-order valence-corrected chi connectivity index (χ0v) is 9.35. The number of imide groups is 1. The molecule has 1 aromatic heterocycles. The van der Waals surface area contributed by atoms with Crippen LogP contribution in [0.15, 0.2) is 18.5 Å². The minimum Gasteiger partial charge on any atom is -0.269 e. The molecule has 1 aromatic carbocycles. The molecule has 2 heterocycles. The van der Waals surface area contributed by atoms with Gasteiger partial charge in [0.15, 0.2) is 11.6 Å². The van der Waals surface area contributed by atoms with E-state index in [1.165, 1.54) is 6.33 Å². The van der Waals surface area contributed by atoms with E-state index in [1.807, 2.05) is 0 Å². The largest absolute Gasteiger partial charge is 0.269 e. The average molecular weight is 264 g/mol. The highest BCUT2D eigenvalue weighted by Gasteiger charge is 2.37. The van der Waals surface area contributed by atoms with Crippen molar-refractivity contribution in [3.8, 4) is 0 Å². The maximum Gasteiger partial charge on any atom is 0.262 e. The van der Waals surface area contributed by atoms with Gasteiger partial charge in [-0.25, -0.2) is 13.8 Å². The van der Waals surface area contributed by atoms with Crippen LogP contribution in [0.1, 0.15) is 26.5 Å². The standard InChI is InChI=1S/C11H6F2N4O2/c12-7-1-5-6(2-8(7)13)11(19)17(10(5)18)3-9-14-4-15-16-9/h1-2,4H,3H2,(H,14,15,16). The Morgan fingerprint density at radius 1 is 1.11 bits per heavy atom. The first-order valence-electron chi connectivity index (χ1n) is 5.27. The van der Waals surface area contributed by atoms with Crippen LogP contribution < -0.4 is 0 Å². The Morgan fingerprint density at radius 3 is 2.16 bits per heavy atom. The molecule has 0 bridgehead atoms. The van der Waals surface area contributed by atoms with Gasteiger partial charge in [-0.3, -0.25) is 19.6 Å². The number of hydrogen-bond donors (Lipinski definition) is 1. The number of rotatable bonds is 2. The van der Waals surface area contributed by atoms with Gasteiger partial charge in [-0.15, -0.1) is 0 Å². The van der Waals surface area contributed by atoms with Gasteiger partial charge < -0.3 is 0 Å². The van der Waals surface area contributed by atoms with Gasteiger partial charge in [0, 0.05) is 0 Å². The lowest BCUT2D eigenvalue weighted by atomic mass is 10.1. The van der Waals surface area contributed by atoms with Gasteiger partial charge in [-0.1, -0.05) is 0 Å². The summed E-state index contributed by atoms with van der Waals surface area (Å²) in [5, 5.41) is 6.09. The predicted molar refractivity (Wildman–Crippen MR) is 56.9 cm³/mol. The van der Waals surface area contributed by atoms with E-state index in [0.29, 0.717) is 5.82 Å². The van der Waals surface area contributed by atoms with Gasteiger partial charge >= 0.3 is 0 Å². The Hall–Kier alpha value is -2.64. The molecule has 0 aliphatic carbocycles. The summed E-state index contributed by atoms with van der Waals surface area (Å²) >= 11 is 0. The van der Waals surface area contributed by atoms with Crippen LogP contribution in [-0.2, 0) is 6.54 Å². The SMILES string of the molecule is O=C1c2cc(F)c(F)cc2C(=O)N1Cc1ncn[nH]1. The molecule has 0 fully saturated rings. The highest BCUT2D eigenvalue weighted by molar-refractivity contribution is 6.21. The number of benzene rings is 1. The van der Waals surface area contributed by atoms with E-state index in [1.54, 1.807) is 0 Å². The second kappa shape index (κ2) is 3.94. The molecule has 96 valence electrons. The van der Waals surface area contributed by atoms with Crippen LogP contribution in [0.4, 0.5) is 8.78 Å². The Balaban J connectivity index is 2.00. The smallest absolute Gasteiger partial charge is 0.262 e. The van der Waals surface area contributed by atoms with Gasteiger partial charge in [-0.05, 0) is 12.1 Å². The van der Waals surface area contributed by atoms with Crippen LogP contribution in [0.3, 0.4) is 0 Å². The number of carbonyl (C=O) groups is 2. The Morgan fingerprint density at radius 2 is 1.68 bits per heavy atom. The molecular formula is C11H6F2N4O2. The lowest BCUT2D eigenvalue weighted by Crippen LogP contribution is -2.29. The van der Waals surface area contributed by atoms with Crippen LogP contribution in [0.25, 0.3) is 0 Å². The van der Waals surface area contributed by atoms with E-state index in [9.17, 15) is 18.4 Å². The van der Waals surface area contributed by atoms with Crippen molar-refractivity contribution >= 4 is 11.8 Å². The van der Waals surface area contributed by atoms with Crippen LogP contribution in [-0.4, -0.2) is 31.9 Å². The fraction of sp³-hybridized carbons (Fsp3) is 0.0909. The van der Waals surface area contributed by atoms with Gasteiger partial charge in [0.25, 0.3) is 11.8 Å². The molecule has 19 heavy (non-hydrogen) atoms. The molecule has 6 nitrogen and oxygen atoms in total. The summed E-state index contributed by atoms with van der Waals surface area (Å²) in [4.78, 5) is 28.5. The first kappa shape index (κ1) is 11.5. The molecule has 0 radical (unpaired) electrons. The van der Waals surface area contributed by atoms with Crippen molar-refractivity contribution in [2.45, 2.75) is 6.54 Å². The van der Waals surface area contributed by atoms with E-state index in [4.69, 9.17) is 0 Å². The Labute approximate surface area is 105 Å². The number of halogens is 2. The molecule has 8 heteroatoms. The minimum absolute atomic E-state index is 0.129. The number of aromatic nitrogens is 3. The number of amides is 2. The van der Waals surface area contributed by atoms with Crippen molar-refractivity contribution in [2.75, 3.05) is 0 Å². The molecule has 2 amide bonds. The molecule has 0 unspecified atom stereocenters. The predicted octanol–water partition coefficient (Wildman–Crippen LogP) is 0.879. The molecule has 2 aromatic rings. The van der Waals surface area contributed by atoms with Crippen LogP contribution in [0.5, 0.6) is 0 Å².